The van der Waals surface area contributed by atoms with Crippen LogP contribution in [0, 0.1) is 0 Å². The fourth-order valence-corrected chi connectivity index (χ4v) is 1.84. The highest BCUT2D eigenvalue weighted by atomic mass is 16.5. The lowest BCUT2D eigenvalue weighted by Gasteiger charge is -2.37. The predicted octanol–water partition coefficient (Wildman–Crippen LogP) is 1.43. The van der Waals surface area contributed by atoms with E-state index in [1.54, 1.807) is 14.2 Å². The first-order valence-corrected chi connectivity index (χ1v) is 4.92. The van der Waals surface area contributed by atoms with Crippen molar-refractivity contribution in [2.24, 2.45) is 0 Å². The second-order valence-electron chi connectivity index (χ2n) is 3.27. The molecule has 0 fully saturated rings. The summed E-state index contributed by atoms with van der Waals surface area (Å²) in [7, 11) is 5.44. The van der Waals surface area contributed by atoms with Crippen LogP contribution in [0.5, 0.6) is 0 Å². The van der Waals surface area contributed by atoms with Gasteiger partial charge in [-0.05, 0) is 19.9 Å². The molecule has 0 saturated carbocycles. The molecule has 13 heavy (non-hydrogen) atoms. The van der Waals surface area contributed by atoms with E-state index in [9.17, 15) is 0 Å². The normalized spacial score (nSPS) is 14.5. The number of methoxy groups -OCH3 is 2. The monoisotopic (exact) mass is 189 g/mol. The van der Waals surface area contributed by atoms with Crippen LogP contribution < -0.4 is 5.32 Å². The molecule has 0 heterocycles. The van der Waals surface area contributed by atoms with Crippen LogP contribution in [0.3, 0.4) is 0 Å². The van der Waals surface area contributed by atoms with Gasteiger partial charge < -0.3 is 14.8 Å². The SMILES string of the molecule is CCC(CC)(OC)C(COC)NC. The van der Waals surface area contributed by atoms with Gasteiger partial charge in [0.05, 0.1) is 18.2 Å². The Morgan fingerprint density at radius 3 is 2.00 bits per heavy atom. The van der Waals surface area contributed by atoms with Crippen LogP contribution in [0.15, 0.2) is 0 Å². The van der Waals surface area contributed by atoms with E-state index in [0.717, 1.165) is 12.8 Å². The Morgan fingerprint density at radius 1 is 1.23 bits per heavy atom. The number of rotatable bonds is 7. The highest BCUT2D eigenvalue weighted by Gasteiger charge is 2.34. The van der Waals surface area contributed by atoms with E-state index in [2.05, 4.69) is 19.2 Å². The first-order valence-electron chi connectivity index (χ1n) is 4.92. The largest absolute Gasteiger partial charge is 0.383 e. The number of hydrogen-bond acceptors (Lipinski definition) is 3. The maximum atomic E-state index is 5.60. The summed E-state index contributed by atoms with van der Waals surface area (Å²) in [4.78, 5) is 0. The Morgan fingerprint density at radius 2 is 1.77 bits per heavy atom. The van der Waals surface area contributed by atoms with Gasteiger partial charge in [-0.1, -0.05) is 13.8 Å². The third kappa shape index (κ3) is 2.93. The molecular weight excluding hydrogens is 166 g/mol. The number of hydrogen-bond donors (Lipinski definition) is 1. The average molecular weight is 189 g/mol. The van der Waals surface area contributed by atoms with Gasteiger partial charge in [0.25, 0.3) is 0 Å². The van der Waals surface area contributed by atoms with E-state index >= 15 is 0 Å². The molecule has 0 aliphatic rings. The molecule has 0 aromatic heterocycles. The van der Waals surface area contributed by atoms with Crippen molar-refractivity contribution in [2.75, 3.05) is 27.9 Å². The molecule has 0 amide bonds. The molecule has 0 spiro atoms. The fraction of sp³-hybridized carbons (Fsp3) is 1.00. The maximum Gasteiger partial charge on any atom is 0.0848 e. The van der Waals surface area contributed by atoms with Crippen LogP contribution in [-0.4, -0.2) is 39.5 Å². The highest BCUT2D eigenvalue weighted by Crippen LogP contribution is 2.24. The number of nitrogens with one attached hydrogen (secondary N) is 1. The minimum atomic E-state index is -0.0925. The second kappa shape index (κ2) is 6.35. The van der Waals surface area contributed by atoms with E-state index in [0.29, 0.717) is 6.61 Å². The van der Waals surface area contributed by atoms with Crippen molar-refractivity contribution in [3.63, 3.8) is 0 Å². The average Bonchev–Trinajstić information content (AvgIpc) is 2.19. The van der Waals surface area contributed by atoms with Crippen LogP contribution in [-0.2, 0) is 9.47 Å². The van der Waals surface area contributed by atoms with Crippen LogP contribution in [0.2, 0.25) is 0 Å². The summed E-state index contributed by atoms with van der Waals surface area (Å²) in [5, 5.41) is 3.25. The summed E-state index contributed by atoms with van der Waals surface area (Å²) in [6, 6.07) is 0.262. The van der Waals surface area contributed by atoms with Crippen LogP contribution in [0.4, 0.5) is 0 Å². The standard InChI is InChI=1S/C10H23NO2/c1-6-10(7-2,13-5)9(11-3)8-12-4/h9,11H,6-8H2,1-5H3. The van der Waals surface area contributed by atoms with Crippen molar-refractivity contribution in [1.82, 2.24) is 5.32 Å². The molecule has 1 N–H and O–H groups in total. The summed E-state index contributed by atoms with van der Waals surface area (Å²) < 4.78 is 10.8. The summed E-state index contributed by atoms with van der Waals surface area (Å²) in [5.74, 6) is 0. The zero-order valence-electron chi connectivity index (χ0n) is 9.52. The lowest BCUT2D eigenvalue weighted by molar-refractivity contribution is -0.0627. The zero-order valence-corrected chi connectivity index (χ0v) is 9.52. The first-order chi connectivity index (χ1) is 6.20. The van der Waals surface area contributed by atoms with Gasteiger partial charge in [0, 0.05) is 14.2 Å². The van der Waals surface area contributed by atoms with E-state index in [1.165, 1.54) is 0 Å². The molecule has 0 radical (unpaired) electrons. The highest BCUT2D eigenvalue weighted by molar-refractivity contribution is 4.90. The third-order valence-electron chi connectivity index (χ3n) is 2.92. The molecular formula is C10H23NO2. The smallest absolute Gasteiger partial charge is 0.0848 e. The van der Waals surface area contributed by atoms with Gasteiger partial charge in [0.2, 0.25) is 0 Å². The fourth-order valence-electron chi connectivity index (χ4n) is 1.84. The van der Waals surface area contributed by atoms with Gasteiger partial charge in [-0.15, -0.1) is 0 Å². The molecule has 0 rings (SSSR count). The van der Waals surface area contributed by atoms with E-state index in [1.807, 2.05) is 7.05 Å². The van der Waals surface area contributed by atoms with E-state index in [4.69, 9.17) is 9.47 Å². The van der Waals surface area contributed by atoms with E-state index < -0.39 is 0 Å². The molecule has 1 unspecified atom stereocenters. The molecule has 0 aliphatic heterocycles. The summed E-state index contributed by atoms with van der Waals surface area (Å²) >= 11 is 0. The summed E-state index contributed by atoms with van der Waals surface area (Å²) in [5.41, 5.74) is -0.0925. The van der Waals surface area contributed by atoms with Crippen molar-refractivity contribution >= 4 is 0 Å². The molecule has 0 saturated heterocycles. The van der Waals surface area contributed by atoms with Crippen molar-refractivity contribution < 1.29 is 9.47 Å². The predicted molar refractivity (Wildman–Crippen MR) is 55.0 cm³/mol. The molecule has 3 nitrogen and oxygen atoms in total. The Kier molecular flexibility index (Phi) is 6.29. The second-order valence-corrected chi connectivity index (χ2v) is 3.27. The quantitative estimate of drug-likeness (QED) is 0.657. The minimum absolute atomic E-state index is 0.0925. The Balaban J connectivity index is 4.45. The van der Waals surface area contributed by atoms with Gasteiger partial charge in [-0.3, -0.25) is 0 Å². The van der Waals surface area contributed by atoms with Crippen LogP contribution >= 0.6 is 0 Å². The molecule has 0 aromatic carbocycles. The molecule has 1 atom stereocenters. The van der Waals surface area contributed by atoms with Crippen molar-refractivity contribution in [2.45, 2.75) is 38.3 Å². The Hall–Kier alpha value is -0.120. The van der Waals surface area contributed by atoms with Gasteiger partial charge >= 0.3 is 0 Å². The van der Waals surface area contributed by atoms with Crippen molar-refractivity contribution in [3.05, 3.63) is 0 Å². The number of likely N-dealkylation sites (N-methyl/N-ethyl adjacent to an activating group) is 1. The molecule has 0 aliphatic carbocycles. The summed E-state index contributed by atoms with van der Waals surface area (Å²) in [6.45, 7) is 4.98. The van der Waals surface area contributed by atoms with Crippen molar-refractivity contribution in [3.8, 4) is 0 Å². The molecule has 0 bridgehead atoms. The topological polar surface area (TPSA) is 30.5 Å². The first kappa shape index (κ1) is 12.9. The van der Waals surface area contributed by atoms with Crippen LogP contribution in [0.25, 0.3) is 0 Å². The Bertz CT molecular complexity index is 116. The van der Waals surface area contributed by atoms with E-state index in [-0.39, 0.29) is 11.6 Å². The Labute approximate surface area is 81.8 Å². The lowest BCUT2D eigenvalue weighted by Crippen LogP contribution is -2.52. The number of ether oxygens (including phenoxy) is 2. The molecule has 3 heteroatoms. The van der Waals surface area contributed by atoms with Gasteiger partial charge in [-0.25, -0.2) is 0 Å². The lowest BCUT2D eigenvalue weighted by atomic mass is 9.88. The minimum Gasteiger partial charge on any atom is -0.383 e. The van der Waals surface area contributed by atoms with Crippen LogP contribution in [0.1, 0.15) is 26.7 Å². The summed E-state index contributed by atoms with van der Waals surface area (Å²) in [6.07, 6.45) is 1.99. The van der Waals surface area contributed by atoms with Gasteiger partial charge in [-0.2, -0.15) is 0 Å². The van der Waals surface area contributed by atoms with Crippen molar-refractivity contribution in [1.29, 1.82) is 0 Å². The van der Waals surface area contributed by atoms with Gasteiger partial charge in [0.15, 0.2) is 0 Å². The maximum absolute atomic E-state index is 5.60. The molecule has 0 aromatic rings. The third-order valence-corrected chi connectivity index (χ3v) is 2.92. The zero-order chi connectivity index (χ0) is 10.3. The van der Waals surface area contributed by atoms with Gasteiger partial charge in [0.1, 0.15) is 0 Å². The molecule has 80 valence electrons.